The highest BCUT2D eigenvalue weighted by Gasteiger charge is 2.12. The summed E-state index contributed by atoms with van der Waals surface area (Å²) in [5.41, 5.74) is 8.31. The Kier molecular flexibility index (Phi) is 3.30. The number of aryl methyl sites for hydroxylation is 1. The second-order valence-electron chi connectivity index (χ2n) is 4.53. The Bertz CT molecular complexity index is 698. The van der Waals surface area contributed by atoms with E-state index in [1.165, 1.54) is 5.56 Å². The van der Waals surface area contributed by atoms with Crippen LogP contribution < -0.4 is 5.73 Å². The van der Waals surface area contributed by atoms with E-state index in [1.807, 2.05) is 43.6 Å². The first-order chi connectivity index (χ1) is 9.76. The third-order valence-corrected chi connectivity index (χ3v) is 3.00. The fourth-order valence-electron chi connectivity index (χ4n) is 1.96. The molecule has 2 heterocycles. The van der Waals surface area contributed by atoms with E-state index in [0.29, 0.717) is 24.0 Å². The minimum absolute atomic E-state index is 0.491. The number of aromatic nitrogens is 4. The second kappa shape index (κ2) is 5.26. The molecule has 3 rings (SSSR count). The number of nitrogens with zero attached hydrogens (tertiary/aromatic N) is 4. The van der Waals surface area contributed by atoms with Crippen LogP contribution in [0.3, 0.4) is 0 Å². The van der Waals surface area contributed by atoms with Gasteiger partial charge in [-0.3, -0.25) is 4.68 Å². The molecule has 0 radical (unpaired) electrons. The molecule has 102 valence electrons. The summed E-state index contributed by atoms with van der Waals surface area (Å²) in [4.78, 5) is 4.36. The largest absolute Gasteiger partial charge is 0.334 e. The van der Waals surface area contributed by atoms with E-state index in [2.05, 4.69) is 15.2 Å². The van der Waals surface area contributed by atoms with Crippen LogP contribution in [0.5, 0.6) is 0 Å². The van der Waals surface area contributed by atoms with Crippen LogP contribution in [0.4, 0.5) is 0 Å². The first-order valence-corrected chi connectivity index (χ1v) is 6.39. The van der Waals surface area contributed by atoms with Gasteiger partial charge < -0.3 is 10.3 Å². The molecule has 0 spiro atoms. The third-order valence-electron chi connectivity index (χ3n) is 3.00. The molecule has 0 atom stereocenters. The standard InChI is InChI=1S/C14H15N5O/c1-19-9-7-12(17-19)13-16-14(20-18-13)11-4-2-10(3-5-11)6-8-15/h2-5,7,9H,6,8,15H2,1H3. The lowest BCUT2D eigenvalue weighted by atomic mass is 10.1. The lowest BCUT2D eigenvalue weighted by Crippen LogP contribution is -2.02. The Balaban J connectivity index is 1.86. The molecule has 0 amide bonds. The van der Waals surface area contributed by atoms with Gasteiger partial charge in [0.05, 0.1) is 0 Å². The molecular formula is C14H15N5O. The number of benzene rings is 1. The fraction of sp³-hybridized carbons (Fsp3) is 0.214. The summed E-state index contributed by atoms with van der Waals surface area (Å²) in [6.45, 7) is 0.643. The number of hydrogen-bond donors (Lipinski definition) is 1. The Labute approximate surface area is 116 Å². The fourth-order valence-corrected chi connectivity index (χ4v) is 1.96. The van der Waals surface area contributed by atoms with Crippen LogP contribution >= 0.6 is 0 Å². The van der Waals surface area contributed by atoms with Crippen molar-refractivity contribution in [3.8, 4) is 23.0 Å². The molecule has 0 saturated carbocycles. The minimum Gasteiger partial charge on any atom is -0.334 e. The molecule has 0 aliphatic heterocycles. The molecule has 0 unspecified atom stereocenters. The van der Waals surface area contributed by atoms with E-state index >= 15 is 0 Å². The Morgan fingerprint density at radius 3 is 2.65 bits per heavy atom. The summed E-state index contributed by atoms with van der Waals surface area (Å²) in [5, 5.41) is 8.20. The zero-order valence-corrected chi connectivity index (χ0v) is 11.2. The molecule has 6 heteroatoms. The van der Waals surface area contributed by atoms with Gasteiger partial charge in [0.2, 0.25) is 5.82 Å². The molecule has 0 saturated heterocycles. The monoisotopic (exact) mass is 269 g/mol. The Hall–Kier alpha value is -2.47. The molecule has 1 aromatic carbocycles. The van der Waals surface area contributed by atoms with Gasteiger partial charge in [-0.1, -0.05) is 17.3 Å². The van der Waals surface area contributed by atoms with Crippen molar-refractivity contribution in [1.82, 2.24) is 19.9 Å². The van der Waals surface area contributed by atoms with E-state index in [9.17, 15) is 0 Å². The summed E-state index contributed by atoms with van der Waals surface area (Å²) < 4.78 is 6.98. The van der Waals surface area contributed by atoms with Gasteiger partial charge in [-0.2, -0.15) is 10.1 Å². The van der Waals surface area contributed by atoms with Gasteiger partial charge in [-0.15, -0.1) is 0 Å². The summed E-state index contributed by atoms with van der Waals surface area (Å²) >= 11 is 0. The van der Waals surface area contributed by atoms with Crippen molar-refractivity contribution in [1.29, 1.82) is 0 Å². The van der Waals surface area contributed by atoms with Gasteiger partial charge in [-0.05, 0) is 36.7 Å². The molecule has 0 aliphatic rings. The molecule has 0 fully saturated rings. The van der Waals surface area contributed by atoms with Gasteiger partial charge in [0.25, 0.3) is 5.89 Å². The lowest BCUT2D eigenvalue weighted by Gasteiger charge is -1.98. The van der Waals surface area contributed by atoms with E-state index in [4.69, 9.17) is 10.3 Å². The highest BCUT2D eigenvalue weighted by atomic mass is 16.5. The van der Waals surface area contributed by atoms with Crippen molar-refractivity contribution in [3.63, 3.8) is 0 Å². The van der Waals surface area contributed by atoms with Gasteiger partial charge in [-0.25, -0.2) is 0 Å². The van der Waals surface area contributed by atoms with E-state index in [0.717, 1.165) is 12.0 Å². The highest BCUT2D eigenvalue weighted by molar-refractivity contribution is 5.57. The summed E-state index contributed by atoms with van der Waals surface area (Å²) in [6.07, 6.45) is 2.70. The van der Waals surface area contributed by atoms with Crippen LogP contribution in [-0.2, 0) is 13.5 Å². The van der Waals surface area contributed by atoms with Crippen molar-refractivity contribution in [3.05, 3.63) is 42.1 Å². The van der Waals surface area contributed by atoms with E-state index in [-0.39, 0.29) is 0 Å². The second-order valence-corrected chi connectivity index (χ2v) is 4.53. The minimum atomic E-state index is 0.491. The predicted octanol–water partition coefficient (Wildman–Crippen LogP) is 1.64. The molecule has 6 nitrogen and oxygen atoms in total. The first-order valence-electron chi connectivity index (χ1n) is 6.39. The molecule has 2 N–H and O–H groups in total. The average molecular weight is 269 g/mol. The number of nitrogens with two attached hydrogens (primary N) is 1. The van der Waals surface area contributed by atoms with E-state index in [1.54, 1.807) is 4.68 Å². The maximum atomic E-state index is 5.53. The number of rotatable bonds is 4. The van der Waals surface area contributed by atoms with Crippen molar-refractivity contribution in [2.24, 2.45) is 12.8 Å². The summed E-state index contributed by atoms with van der Waals surface area (Å²) in [5.74, 6) is 0.983. The molecule has 20 heavy (non-hydrogen) atoms. The zero-order valence-electron chi connectivity index (χ0n) is 11.2. The maximum Gasteiger partial charge on any atom is 0.258 e. The zero-order chi connectivity index (χ0) is 13.9. The van der Waals surface area contributed by atoms with Gasteiger partial charge in [0, 0.05) is 18.8 Å². The van der Waals surface area contributed by atoms with Crippen molar-refractivity contribution in [2.75, 3.05) is 6.54 Å². The van der Waals surface area contributed by atoms with Crippen LogP contribution in [0.2, 0.25) is 0 Å². The summed E-state index contributed by atoms with van der Waals surface area (Å²) in [7, 11) is 1.85. The van der Waals surface area contributed by atoms with Crippen LogP contribution in [0, 0.1) is 0 Å². The van der Waals surface area contributed by atoms with Gasteiger partial charge >= 0.3 is 0 Å². The quantitative estimate of drug-likeness (QED) is 0.778. The Morgan fingerprint density at radius 2 is 2.00 bits per heavy atom. The van der Waals surface area contributed by atoms with Crippen LogP contribution in [0.1, 0.15) is 5.56 Å². The normalized spacial score (nSPS) is 10.9. The van der Waals surface area contributed by atoms with Crippen molar-refractivity contribution in [2.45, 2.75) is 6.42 Å². The number of hydrogen-bond acceptors (Lipinski definition) is 5. The SMILES string of the molecule is Cn1ccc(-c2noc(-c3ccc(CCN)cc3)n2)n1. The van der Waals surface area contributed by atoms with Crippen molar-refractivity contribution >= 4 is 0 Å². The molecule has 2 aromatic heterocycles. The molecule has 3 aromatic rings. The van der Waals surface area contributed by atoms with Crippen LogP contribution in [-0.4, -0.2) is 26.5 Å². The van der Waals surface area contributed by atoms with Gasteiger partial charge in [0.15, 0.2) is 0 Å². The smallest absolute Gasteiger partial charge is 0.258 e. The first kappa shape index (κ1) is 12.6. The molecule has 0 aliphatic carbocycles. The van der Waals surface area contributed by atoms with E-state index < -0.39 is 0 Å². The lowest BCUT2D eigenvalue weighted by molar-refractivity contribution is 0.432. The third kappa shape index (κ3) is 2.46. The summed E-state index contributed by atoms with van der Waals surface area (Å²) in [6, 6.07) is 9.81. The highest BCUT2D eigenvalue weighted by Crippen LogP contribution is 2.21. The van der Waals surface area contributed by atoms with Crippen LogP contribution in [0.25, 0.3) is 23.0 Å². The average Bonchev–Trinajstić information content (AvgIpc) is 3.09. The predicted molar refractivity (Wildman–Crippen MR) is 74.7 cm³/mol. The topological polar surface area (TPSA) is 82.8 Å². The maximum absolute atomic E-state index is 5.53. The van der Waals surface area contributed by atoms with Gasteiger partial charge in [0.1, 0.15) is 5.69 Å². The molecule has 0 bridgehead atoms. The Morgan fingerprint density at radius 1 is 1.20 bits per heavy atom. The molecular weight excluding hydrogens is 254 g/mol. The van der Waals surface area contributed by atoms with Crippen LogP contribution in [0.15, 0.2) is 41.1 Å². The van der Waals surface area contributed by atoms with Crippen molar-refractivity contribution < 1.29 is 4.52 Å².